The van der Waals surface area contributed by atoms with E-state index in [0.29, 0.717) is 12.2 Å². The van der Waals surface area contributed by atoms with Gasteiger partial charge in [-0.15, -0.1) is 0 Å². The van der Waals surface area contributed by atoms with E-state index in [9.17, 15) is 13.2 Å². The molecule has 4 aromatic rings. The fourth-order valence-corrected chi connectivity index (χ4v) is 5.09. The van der Waals surface area contributed by atoms with Gasteiger partial charge in [-0.05, 0) is 71.6 Å². The number of amides is 1. The Labute approximate surface area is 194 Å². The number of nitrogens with zero attached hydrogens (tertiary/aromatic N) is 1. The summed E-state index contributed by atoms with van der Waals surface area (Å²) in [5.74, 6) is -0.374. The van der Waals surface area contributed by atoms with Crippen LogP contribution in [0.3, 0.4) is 0 Å². The fraction of sp³-hybridized carbons (Fsp3) is 0.148. The van der Waals surface area contributed by atoms with Crippen LogP contribution in [0.15, 0.2) is 95.9 Å². The zero-order chi connectivity index (χ0) is 23.4. The molecule has 1 amide bonds. The van der Waals surface area contributed by atoms with Crippen molar-refractivity contribution in [1.29, 1.82) is 0 Å². The van der Waals surface area contributed by atoms with Gasteiger partial charge in [0.15, 0.2) is 0 Å². The molecule has 0 aliphatic carbocycles. The minimum absolute atomic E-state index is 0.144. The summed E-state index contributed by atoms with van der Waals surface area (Å²) in [5, 5.41) is 5.09. The lowest BCUT2D eigenvalue weighted by Crippen LogP contribution is -2.40. The number of nitrogens with one attached hydrogen (secondary N) is 1. The van der Waals surface area contributed by atoms with Gasteiger partial charge >= 0.3 is 0 Å². The Bertz CT molecular complexity index is 1400. The van der Waals surface area contributed by atoms with Gasteiger partial charge in [0.05, 0.1) is 10.6 Å². The predicted octanol–water partition coefficient (Wildman–Crippen LogP) is 4.97. The van der Waals surface area contributed by atoms with Gasteiger partial charge in [-0.3, -0.25) is 9.10 Å². The molecule has 0 aliphatic rings. The van der Waals surface area contributed by atoms with Crippen molar-refractivity contribution in [2.45, 2.75) is 25.3 Å². The Morgan fingerprint density at radius 1 is 0.788 bits per heavy atom. The van der Waals surface area contributed by atoms with Crippen LogP contribution < -0.4 is 9.62 Å². The van der Waals surface area contributed by atoms with Crippen LogP contribution in [0.5, 0.6) is 0 Å². The molecule has 168 valence electrons. The van der Waals surface area contributed by atoms with E-state index in [4.69, 9.17) is 0 Å². The summed E-state index contributed by atoms with van der Waals surface area (Å²) in [4.78, 5) is 13.0. The summed E-state index contributed by atoms with van der Waals surface area (Å²) in [7, 11) is -3.92. The van der Waals surface area contributed by atoms with Crippen molar-refractivity contribution in [3.8, 4) is 0 Å². The van der Waals surface area contributed by atoms with Gasteiger partial charge < -0.3 is 5.32 Å². The van der Waals surface area contributed by atoms with E-state index in [1.165, 1.54) is 16.4 Å². The van der Waals surface area contributed by atoms with Crippen molar-refractivity contribution < 1.29 is 13.2 Å². The smallest absolute Gasteiger partial charge is 0.264 e. The number of sulfonamides is 1. The van der Waals surface area contributed by atoms with E-state index in [1.54, 1.807) is 30.3 Å². The third-order valence-corrected chi connectivity index (χ3v) is 7.49. The van der Waals surface area contributed by atoms with Crippen molar-refractivity contribution in [3.05, 3.63) is 108 Å². The molecule has 5 nitrogen and oxygen atoms in total. The quantitative estimate of drug-likeness (QED) is 0.425. The Hall–Kier alpha value is -3.64. The van der Waals surface area contributed by atoms with Gasteiger partial charge in [-0.25, -0.2) is 8.42 Å². The SMILES string of the molecule is Cc1ccc(N(CC(=O)NCc2ccc3ccccc3c2)S(=O)(=O)c2ccccc2)cc1C. The van der Waals surface area contributed by atoms with Crippen molar-refractivity contribution in [2.75, 3.05) is 10.8 Å². The summed E-state index contributed by atoms with van der Waals surface area (Å²) >= 11 is 0. The maximum absolute atomic E-state index is 13.4. The number of carbonyl (C=O) groups is 1. The summed E-state index contributed by atoms with van der Waals surface area (Å²) in [6, 6.07) is 27.6. The number of anilines is 1. The van der Waals surface area contributed by atoms with Gasteiger partial charge in [0.2, 0.25) is 5.91 Å². The molecular formula is C27H26N2O3S. The molecule has 4 aromatic carbocycles. The summed E-state index contributed by atoms with van der Waals surface area (Å²) in [6.45, 7) is 3.89. The molecule has 0 saturated heterocycles. The first kappa shape index (κ1) is 22.6. The van der Waals surface area contributed by atoms with E-state index >= 15 is 0 Å². The number of benzene rings is 4. The van der Waals surface area contributed by atoms with Gasteiger partial charge in [-0.2, -0.15) is 0 Å². The standard InChI is InChI=1S/C27H26N2O3S/c1-20-12-15-25(16-21(20)2)29(33(31,32)26-10-4-3-5-11-26)19-27(30)28-18-22-13-14-23-8-6-7-9-24(23)17-22/h3-17H,18-19H2,1-2H3,(H,28,30). The number of carbonyl (C=O) groups excluding carboxylic acids is 1. The normalized spacial score (nSPS) is 11.3. The second kappa shape index (κ2) is 9.46. The highest BCUT2D eigenvalue weighted by molar-refractivity contribution is 7.92. The molecule has 0 aliphatic heterocycles. The van der Waals surface area contributed by atoms with Crippen molar-refractivity contribution in [1.82, 2.24) is 5.32 Å². The minimum atomic E-state index is -3.92. The monoisotopic (exact) mass is 458 g/mol. The lowest BCUT2D eigenvalue weighted by atomic mass is 10.1. The third-order valence-electron chi connectivity index (χ3n) is 5.70. The Kier molecular flexibility index (Phi) is 6.47. The van der Waals surface area contributed by atoms with Crippen molar-refractivity contribution in [3.63, 3.8) is 0 Å². The highest BCUT2D eigenvalue weighted by Crippen LogP contribution is 2.25. The average molecular weight is 459 g/mol. The molecule has 0 atom stereocenters. The first-order valence-electron chi connectivity index (χ1n) is 10.7. The average Bonchev–Trinajstić information content (AvgIpc) is 2.83. The Morgan fingerprint density at radius 2 is 1.48 bits per heavy atom. The van der Waals surface area contributed by atoms with Crippen LogP contribution in [-0.2, 0) is 21.4 Å². The number of aryl methyl sites for hydroxylation is 2. The van der Waals surface area contributed by atoms with E-state index in [1.807, 2.05) is 62.4 Å². The molecule has 0 saturated carbocycles. The Balaban J connectivity index is 1.57. The third kappa shape index (κ3) is 5.07. The maximum atomic E-state index is 13.4. The number of hydrogen-bond donors (Lipinski definition) is 1. The van der Waals surface area contributed by atoms with E-state index in [2.05, 4.69) is 5.32 Å². The molecular weight excluding hydrogens is 432 g/mol. The zero-order valence-corrected chi connectivity index (χ0v) is 19.5. The van der Waals surface area contributed by atoms with Crippen LogP contribution in [-0.4, -0.2) is 20.9 Å². The van der Waals surface area contributed by atoms with Crippen LogP contribution in [0.25, 0.3) is 10.8 Å². The van der Waals surface area contributed by atoms with Gasteiger partial charge in [0.25, 0.3) is 10.0 Å². The lowest BCUT2D eigenvalue weighted by molar-refractivity contribution is -0.119. The molecule has 4 rings (SSSR count). The van der Waals surface area contributed by atoms with Crippen molar-refractivity contribution in [2.24, 2.45) is 0 Å². The number of rotatable bonds is 7. The lowest BCUT2D eigenvalue weighted by Gasteiger charge is -2.25. The van der Waals surface area contributed by atoms with Crippen LogP contribution in [0.4, 0.5) is 5.69 Å². The number of fused-ring (bicyclic) bond motifs is 1. The second-order valence-corrected chi connectivity index (χ2v) is 9.91. The number of hydrogen-bond acceptors (Lipinski definition) is 3. The molecule has 0 fully saturated rings. The molecule has 0 radical (unpaired) electrons. The predicted molar refractivity (Wildman–Crippen MR) is 133 cm³/mol. The highest BCUT2D eigenvalue weighted by Gasteiger charge is 2.27. The molecule has 6 heteroatoms. The zero-order valence-electron chi connectivity index (χ0n) is 18.7. The molecule has 0 unspecified atom stereocenters. The minimum Gasteiger partial charge on any atom is -0.350 e. The molecule has 0 spiro atoms. The van der Waals surface area contributed by atoms with Crippen LogP contribution in [0.2, 0.25) is 0 Å². The van der Waals surface area contributed by atoms with Gasteiger partial charge in [0, 0.05) is 6.54 Å². The van der Waals surface area contributed by atoms with Crippen LogP contribution >= 0.6 is 0 Å². The van der Waals surface area contributed by atoms with Crippen LogP contribution in [0.1, 0.15) is 16.7 Å². The molecule has 33 heavy (non-hydrogen) atoms. The maximum Gasteiger partial charge on any atom is 0.264 e. The topological polar surface area (TPSA) is 66.5 Å². The molecule has 1 N–H and O–H groups in total. The van der Waals surface area contributed by atoms with E-state index < -0.39 is 10.0 Å². The summed E-state index contributed by atoms with van der Waals surface area (Å²) in [6.07, 6.45) is 0. The van der Waals surface area contributed by atoms with Gasteiger partial charge in [-0.1, -0.05) is 60.7 Å². The molecule has 0 heterocycles. The van der Waals surface area contributed by atoms with E-state index in [-0.39, 0.29) is 17.3 Å². The van der Waals surface area contributed by atoms with Crippen LogP contribution in [0, 0.1) is 13.8 Å². The molecule has 0 bridgehead atoms. The fourth-order valence-electron chi connectivity index (χ4n) is 3.65. The second-order valence-electron chi connectivity index (χ2n) is 8.05. The first-order valence-corrected chi connectivity index (χ1v) is 12.2. The largest absolute Gasteiger partial charge is 0.350 e. The molecule has 0 aromatic heterocycles. The van der Waals surface area contributed by atoms with E-state index in [0.717, 1.165) is 27.5 Å². The summed E-state index contributed by atoms with van der Waals surface area (Å²) < 4.78 is 28.0. The highest BCUT2D eigenvalue weighted by atomic mass is 32.2. The summed E-state index contributed by atoms with van der Waals surface area (Å²) in [5.41, 5.74) is 3.42. The van der Waals surface area contributed by atoms with Gasteiger partial charge in [0.1, 0.15) is 6.54 Å². The first-order chi connectivity index (χ1) is 15.8. The Morgan fingerprint density at radius 3 is 2.21 bits per heavy atom. The van der Waals surface area contributed by atoms with Crippen molar-refractivity contribution >= 4 is 32.4 Å².